The van der Waals surface area contributed by atoms with Crippen LogP contribution in [0, 0.1) is 0 Å². The first-order valence-electron chi connectivity index (χ1n) is 11.1. The molecule has 1 aliphatic heterocycles. The second-order valence-electron chi connectivity index (χ2n) is 8.42. The minimum atomic E-state index is -0.0403. The third-order valence-electron chi connectivity index (χ3n) is 6.15. The number of nitrogens with zero attached hydrogens (tertiary/aromatic N) is 3. The zero-order chi connectivity index (χ0) is 22.8. The fraction of sp³-hybridized carbons (Fsp3) is 0.308. The zero-order valence-corrected chi connectivity index (χ0v) is 19.3. The lowest BCUT2D eigenvalue weighted by molar-refractivity contribution is -0.0100. The summed E-state index contributed by atoms with van der Waals surface area (Å²) in [6.45, 7) is 3.32. The molecule has 170 valence electrons. The Morgan fingerprint density at radius 3 is 2.97 bits per heavy atom. The normalized spacial score (nSPS) is 17.7. The van der Waals surface area contributed by atoms with Gasteiger partial charge in [0.05, 0.1) is 43.4 Å². The molecule has 2 aliphatic rings. The Morgan fingerprint density at radius 2 is 2.15 bits per heavy atom. The van der Waals surface area contributed by atoms with Crippen LogP contribution in [0.3, 0.4) is 0 Å². The summed E-state index contributed by atoms with van der Waals surface area (Å²) in [5, 5.41) is 0.669. The molecule has 3 heterocycles. The number of methoxy groups -OCH3 is 1. The average molecular weight is 464 g/mol. The third-order valence-corrected chi connectivity index (χ3v) is 6.39. The molecule has 0 spiro atoms. The van der Waals surface area contributed by atoms with Crippen molar-refractivity contribution in [1.29, 1.82) is 0 Å². The number of hydrogen-bond donors (Lipinski definition) is 0. The summed E-state index contributed by atoms with van der Waals surface area (Å²) in [5.41, 5.74) is 6.14. The van der Waals surface area contributed by atoms with Crippen LogP contribution in [0.25, 0.3) is 5.57 Å². The van der Waals surface area contributed by atoms with E-state index in [1.165, 1.54) is 0 Å². The van der Waals surface area contributed by atoms with Crippen molar-refractivity contribution in [2.45, 2.75) is 19.1 Å². The van der Waals surface area contributed by atoms with Crippen LogP contribution >= 0.6 is 11.6 Å². The van der Waals surface area contributed by atoms with Gasteiger partial charge in [-0.15, -0.1) is 0 Å². The second kappa shape index (κ2) is 9.51. The summed E-state index contributed by atoms with van der Waals surface area (Å²) in [7, 11) is 1.69. The maximum absolute atomic E-state index is 12.9. The SMILES string of the molecule is COCC1CN(c2cnc3c(c2)C(c2ccn(Cc4cccc(Cl)c4)c(=O)c2)=CC3)CCO1. The van der Waals surface area contributed by atoms with Crippen LogP contribution in [0.1, 0.15) is 22.4 Å². The number of benzene rings is 1. The van der Waals surface area contributed by atoms with E-state index < -0.39 is 0 Å². The summed E-state index contributed by atoms with van der Waals surface area (Å²) < 4.78 is 12.7. The number of allylic oxidation sites excluding steroid dienone is 1. The van der Waals surface area contributed by atoms with Crippen LogP contribution in [-0.4, -0.2) is 49.1 Å². The van der Waals surface area contributed by atoms with Crippen molar-refractivity contribution in [3.8, 4) is 0 Å². The first-order valence-corrected chi connectivity index (χ1v) is 11.5. The van der Waals surface area contributed by atoms with E-state index in [9.17, 15) is 4.79 Å². The summed E-state index contributed by atoms with van der Waals surface area (Å²) in [6, 6.07) is 13.5. The Labute approximate surface area is 198 Å². The van der Waals surface area contributed by atoms with Gasteiger partial charge < -0.3 is 18.9 Å². The molecule has 0 bridgehead atoms. The number of rotatable bonds is 6. The highest BCUT2D eigenvalue weighted by atomic mass is 35.5. The largest absolute Gasteiger partial charge is 0.382 e. The van der Waals surface area contributed by atoms with Crippen molar-refractivity contribution in [1.82, 2.24) is 9.55 Å². The van der Waals surface area contributed by atoms with Crippen molar-refractivity contribution in [2.75, 3.05) is 38.3 Å². The standard InChI is InChI=1S/C26H26ClN3O3/c1-32-17-22-16-29(9-10-33-22)21-13-24-23(5-6-25(24)28-14-21)19-7-8-30(26(31)12-19)15-18-3-2-4-20(27)11-18/h2-5,7-8,11-14,22H,6,9-10,15-17H2,1H3. The Hall–Kier alpha value is -2.93. The van der Waals surface area contributed by atoms with Gasteiger partial charge in [0, 0.05) is 49.5 Å². The Balaban J connectivity index is 1.38. The van der Waals surface area contributed by atoms with Crippen LogP contribution in [0.2, 0.25) is 5.02 Å². The molecule has 1 atom stereocenters. The Kier molecular flexibility index (Phi) is 6.31. The lowest BCUT2D eigenvalue weighted by Gasteiger charge is -2.34. The van der Waals surface area contributed by atoms with Gasteiger partial charge in [0.15, 0.2) is 0 Å². The molecule has 0 N–H and O–H groups in total. The molecule has 6 nitrogen and oxygen atoms in total. The van der Waals surface area contributed by atoms with E-state index in [0.29, 0.717) is 24.8 Å². The quantitative estimate of drug-likeness (QED) is 0.556. The summed E-state index contributed by atoms with van der Waals surface area (Å²) >= 11 is 6.09. The van der Waals surface area contributed by atoms with E-state index in [0.717, 1.165) is 53.2 Å². The molecule has 1 aromatic carbocycles. The number of hydrogen-bond acceptors (Lipinski definition) is 5. The molecule has 2 aromatic heterocycles. The van der Waals surface area contributed by atoms with Crippen LogP contribution in [0.4, 0.5) is 5.69 Å². The molecule has 1 aliphatic carbocycles. The highest BCUT2D eigenvalue weighted by Crippen LogP contribution is 2.34. The van der Waals surface area contributed by atoms with E-state index in [4.69, 9.17) is 26.1 Å². The van der Waals surface area contributed by atoms with Crippen molar-refractivity contribution in [2.24, 2.45) is 0 Å². The number of pyridine rings is 2. The molecule has 1 unspecified atom stereocenters. The van der Waals surface area contributed by atoms with Gasteiger partial charge in [0.1, 0.15) is 0 Å². The fourth-order valence-electron chi connectivity index (χ4n) is 4.51. The summed E-state index contributed by atoms with van der Waals surface area (Å²) in [4.78, 5) is 19.9. The highest BCUT2D eigenvalue weighted by Gasteiger charge is 2.24. The molecule has 3 aromatic rings. The molecule has 5 rings (SSSR count). The molecular formula is C26H26ClN3O3. The van der Waals surface area contributed by atoms with Crippen LogP contribution in [0.5, 0.6) is 0 Å². The van der Waals surface area contributed by atoms with E-state index >= 15 is 0 Å². The van der Waals surface area contributed by atoms with Gasteiger partial charge in [0.2, 0.25) is 0 Å². The van der Waals surface area contributed by atoms with E-state index in [-0.39, 0.29) is 11.7 Å². The van der Waals surface area contributed by atoms with Crippen molar-refractivity contribution >= 4 is 22.9 Å². The maximum atomic E-state index is 12.9. The molecule has 0 saturated carbocycles. The minimum Gasteiger partial charge on any atom is -0.382 e. The first kappa shape index (κ1) is 21.9. The number of fused-ring (bicyclic) bond motifs is 1. The number of anilines is 1. The smallest absolute Gasteiger partial charge is 0.251 e. The Morgan fingerprint density at radius 1 is 1.24 bits per heavy atom. The van der Waals surface area contributed by atoms with Crippen LogP contribution < -0.4 is 10.5 Å². The summed E-state index contributed by atoms with van der Waals surface area (Å²) in [5.74, 6) is 0. The fourth-order valence-corrected chi connectivity index (χ4v) is 4.72. The topological polar surface area (TPSA) is 56.6 Å². The van der Waals surface area contributed by atoms with Gasteiger partial charge in [-0.2, -0.15) is 0 Å². The van der Waals surface area contributed by atoms with Crippen LogP contribution in [-0.2, 0) is 22.4 Å². The number of morpholine rings is 1. The lowest BCUT2D eigenvalue weighted by atomic mass is 10.0. The van der Waals surface area contributed by atoms with Crippen molar-refractivity contribution in [3.05, 3.63) is 98.7 Å². The third kappa shape index (κ3) is 4.74. The first-order chi connectivity index (χ1) is 16.1. The lowest BCUT2D eigenvalue weighted by Crippen LogP contribution is -2.44. The molecular weight excluding hydrogens is 438 g/mol. The minimum absolute atomic E-state index is 0.0403. The predicted octanol–water partition coefficient (Wildman–Crippen LogP) is 3.78. The van der Waals surface area contributed by atoms with Crippen molar-refractivity contribution < 1.29 is 9.47 Å². The van der Waals surface area contributed by atoms with E-state index in [2.05, 4.69) is 17.0 Å². The van der Waals surface area contributed by atoms with Gasteiger partial charge in [0.25, 0.3) is 5.56 Å². The molecule has 0 amide bonds. The number of halogens is 1. The van der Waals surface area contributed by atoms with Gasteiger partial charge in [-0.3, -0.25) is 9.78 Å². The molecule has 0 radical (unpaired) electrons. The van der Waals surface area contributed by atoms with Crippen molar-refractivity contribution in [3.63, 3.8) is 0 Å². The molecule has 1 fully saturated rings. The highest BCUT2D eigenvalue weighted by molar-refractivity contribution is 6.30. The monoisotopic (exact) mass is 463 g/mol. The van der Waals surface area contributed by atoms with E-state index in [1.54, 1.807) is 17.7 Å². The van der Waals surface area contributed by atoms with Gasteiger partial charge >= 0.3 is 0 Å². The second-order valence-corrected chi connectivity index (χ2v) is 8.85. The number of aromatic nitrogens is 2. The van der Waals surface area contributed by atoms with Gasteiger partial charge in [-0.25, -0.2) is 0 Å². The Bertz CT molecular complexity index is 1250. The maximum Gasteiger partial charge on any atom is 0.251 e. The zero-order valence-electron chi connectivity index (χ0n) is 18.5. The molecule has 1 saturated heterocycles. The summed E-state index contributed by atoms with van der Waals surface area (Å²) in [6.07, 6.45) is 6.77. The van der Waals surface area contributed by atoms with Gasteiger partial charge in [-0.05, 0) is 41.0 Å². The van der Waals surface area contributed by atoms with E-state index in [1.807, 2.05) is 42.7 Å². The predicted molar refractivity (Wildman–Crippen MR) is 130 cm³/mol. The molecule has 33 heavy (non-hydrogen) atoms. The molecule has 7 heteroatoms. The van der Waals surface area contributed by atoms with Gasteiger partial charge in [-0.1, -0.05) is 29.8 Å². The van der Waals surface area contributed by atoms with Crippen LogP contribution in [0.15, 0.2) is 65.7 Å². The average Bonchev–Trinajstić information content (AvgIpc) is 3.24. The number of ether oxygens (including phenoxy) is 2.